The average molecular weight is 423 g/mol. The maximum atomic E-state index is 6.05. The van der Waals surface area contributed by atoms with Crippen LogP contribution in [0.25, 0.3) is 0 Å². The summed E-state index contributed by atoms with van der Waals surface area (Å²) in [5.74, 6) is 1.52. The summed E-state index contributed by atoms with van der Waals surface area (Å²) in [7, 11) is 0. The van der Waals surface area contributed by atoms with Crippen LogP contribution in [-0.4, -0.2) is 37.8 Å². The molecule has 1 saturated carbocycles. The Hall–Kier alpha value is -0.0400. The van der Waals surface area contributed by atoms with Crippen molar-refractivity contribution in [3.63, 3.8) is 0 Å². The SMILES string of the molecule is CCNC(=NCC1CCCOC1C(C)(C)C)NC1CCC1.I. The smallest absolute Gasteiger partial charge is 0.191 e. The van der Waals surface area contributed by atoms with Crippen molar-refractivity contribution in [2.45, 2.75) is 71.9 Å². The third kappa shape index (κ3) is 5.87. The molecule has 1 aliphatic carbocycles. The molecule has 0 aromatic rings. The van der Waals surface area contributed by atoms with Gasteiger partial charge in [0.15, 0.2) is 5.96 Å². The minimum Gasteiger partial charge on any atom is -0.377 e. The molecule has 1 saturated heterocycles. The van der Waals surface area contributed by atoms with E-state index in [1.165, 1.54) is 32.1 Å². The lowest BCUT2D eigenvalue weighted by Gasteiger charge is -2.39. The van der Waals surface area contributed by atoms with Crippen molar-refractivity contribution in [2.24, 2.45) is 16.3 Å². The summed E-state index contributed by atoms with van der Waals surface area (Å²) in [4.78, 5) is 4.84. The second-order valence-electron chi connectivity index (χ2n) is 7.55. The van der Waals surface area contributed by atoms with Crippen LogP contribution in [0.4, 0.5) is 0 Å². The first-order valence-corrected chi connectivity index (χ1v) is 8.67. The fourth-order valence-electron chi connectivity index (χ4n) is 3.26. The summed E-state index contributed by atoms with van der Waals surface area (Å²) >= 11 is 0. The second kappa shape index (κ2) is 9.30. The Balaban J connectivity index is 0.00000242. The Morgan fingerprint density at radius 2 is 1.91 bits per heavy atom. The highest BCUT2D eigenvalue weighted by atomic mass is 127. The van der Waals surface area contributed by atoms with Gasteiger partial charge in [-0.15, -0.1) is 24.0 Å². The molecule has 0 amide bonds. The van der Waals surface area contributed by atoms with Crippen LogP contribution in [0.15, 0.2) is 4.99 Å². The summed E-state index contributed by atoms with van der Waals surface area (Å²) in [5.41, 5.74) is 0.195. The average Bonchev–Trinajstić information content (AvgIpc) is 2.39. The van der Waals surface area contributed by atoms with Crippen molar-refractivity contribution >= 4 is 29.9 Å². The molecule has 0 radical (unpaired) electrons. The number of guanidine groups is 1. The van der Waals surface area contributed by atoms with Crippen LogP contribution in [-0.2, 0) is 4.74 Å². The summed E-state index contributed by atoms with van der Waals surface area (Å²) < 4.78 is 6.05. The van der Waals surface area contributed by atoms with Gasteiger partial charge >= 0.3 is 0 Å². The fourth-order valence-corrected chi connectivity index (χ4v) is 3.26. The van der Waals surface area contributed by atoms with E-state index in [-0.39, 0.29) is 29.4 Å². The molecule has 1 aliphatic heterocycles. The molecule has 130 valence electrons. The van der Waals surface area contributed by atoms with Gasteiger partial charge in [0.1, 0.15) is 0 Å². The van der Waals surface area contributed by atoms with Crippen LogP contribution in [0, 0.1) is 11.3 Å². The maximum absolute atomic E-state index is 6.05. The first-order valence-electron chi connectivity index (χ1n) is 8.67. The molecule has 0 spiro atoms. The van der Waals surface area contributed by atoms with Gasteiger partial charge in [-0.3, -0.25) is 4.99 Å². The molecule has 22 heavy (non-hydrogen) atoms. The topological polar surface area (TPSA) is 45.7 Å². The molecule has 1 heterocycles. The van der Waals surface area contributed by atoms with Gasteiger partial charge in [0, 0.05) is 31.7 Å². The van der Waals surface area contributed by atoms with Crippen molar-refractivity contribution in [3.8, 4) is 0 Å². The van der Waals surface area contributed by atoms with Crippen LogP contribution in [0.3, 0.4) is 0 Å². The van der Waals surface area contributed by atoms with E-state index in [2.05, 4.69) is 38.3 Å². The van der Waals surface area contributed by atoms with E-state index in [1.807, 2.05) is 0 Å². The quantitative estimate of drug-likeness (QED) is 0.413. The van der Waals surface area contributed by atoms with Crippen molar-refractivity contribution < 1.29 is 4.74 Å². The van der Waals surface area contributed by atoms with E-state index in [0.717, 1.165) is 25.7 Å². The van der Waals surface area contributed by atoms with Crippen molar-refractivity contribution in [2.75, 3.05) is 19.7 Å². The highest BCUT2D eigenvalue weighted by Crippen LogP contribution is 2.34. The monoisotopic (exact) mass is 423 g/mol. The minimum atomic E-state index is 0. The number of aliphatic imine (C=N–C) groups is 1. The van der Waals surface area contributed by atoms with Crippen molar-refractivity contribution in [1.82, 2.24) is 10.6 Å². The number of nitrogens with zero attached hydrogens (tertiary/aromatic N) is 1. The highest BCUT2D eigenvalue weighted by Gasteiger charge is 2.35. The Bertz CT molecular complexity index is 350. The molecule has 2 N–H and O–H groups in total. The minimum absolute atomic E-state index is 0. The zero-order valence-corrected chi connectivity index (χ0v) is 17.0. The van der Waals surface area contributed by atoms with Crippen molar-refractivity contribution in [1.29, 1.82) is 0 Å². The molecular formula is C17H34IN3O. The molecule has 0 aromatic heterocycles. The molecule has 2 aliphatic rings. The fraction of sp³-hybridized carbons (Fsp3) is 0.941. The van der Waals surface area contributed by atoms with Gasteiger partial charge in [0.2, 0.25) is 0 Å². The Morgan fingerprint density at radius 1 is 1.18 bits per heavy atom. The van der Waals surface area contributed by atoms with Gasteiger partial charge in [-0.1, -0.05) is 20.8 Å². The van der Waals surface area contributed by atoms with E-state index in [1.54, 1.807) is 0 Å². The van der Waals surface area contributed by atoms with Gasteiger partial charge < -0.3 is 15.4 Å². The van der Waals surface area contributed by atoms with Gasteiger partial charge in [0.25, 0.3) is 0 Å². The van der Waals surface area contributed by atoms with Crippen molar-refractivity contribution in [3.05, 3.63) is 0 Å². The van der Waals surface area contributed by atoms with Crippen LogP contribution in [0.1, 0.15) is 59.8 Å². The third-order valence-electron chi connectivity index (χ3n) is 4.57. The van der Waals surface area contributed by atoms with E-state index >= 15 is 0 Å². The molecule has 2 fully saturated rings. The normalized spacial score (nSPS) is 26.8. The summed E-state index contributed by atoms with van der Waals surface area (Å²) in [6, 6.07) is 0.629. The summed E-state index contributed by atoms with van der Waals surface area (Å²) in [5, 5.41) is 6.92. The van der Waals surface area contributed by atoms with Gasteiger partial charge in [-0.25, -0.2) is 0 Å². The predicted octanol–water partition coefficient (Wildman–Crippen LogP) is 3.55. The third-order valence-corrected chi connectivity index (χ3v) is 4.57. The number of rotatable bonds is 4. The maximum Gasteiger partial charge on any atom is 0.191 e. The molecule has 2 atom stereocenters. The number of halogens is 1. The lowest BCUT2D eigenvalue weighted by Crippen LogP contribution is -2.47. The molecule has 2 rings (SSSR count). The lowest BCUT2D eigenvalue weighted by atomic mass is 9.78. The van der Waals surface area contributed by atoms with E-state index in [0.29, 0.717) is 18.1 Å². The first kappa shape index (κ1) is 20.0. The lowest BCUT2D eigenvalue weighted by molar-refractivity contribution is -0.0823. The van der Waals surface area contributed by atoms with E-state index in [4.69, 9.17) is 9.73 Å². The Labute approximate surface area is 153 Å². The predicted molar refractivity (Wildman–Crippen MR) is 104 cm³/mol. The summed E-state index contributed by atoms with van der Waals surface area (Å²) in [6.07, 6.45) is 6.62. The summed E-state index contributed by atoms with van der Waals surface area (Å²) in [6.45, 7) is 11.6. The first-order chi connectivity index (χ1) is 10.0. The molecule has 0 bridgehead atoms. The molecule has 2 unspecified atom stereocenters. The number of nitrogens with one attached hydrogen (secondary N) is 2. The second-order valence-corrected chi connectivity index (χ2v) is 7.55. The van der Waals surface area contributed by atoms with Gasteiger partial charge in [0.05, 0.1) is 6.10 Å². The number of hydrogen-bond donors (Lipinski definition) is 2. The molecule has 4 nitrogen and oxygen atoms in total. The van der Waals surface area contributed by atoms with E-state index in [9.17, 15) is 0 Å². The zero-order valence-electron chi connectivity index (χ0n) is 14.7. The largest absolute Gasteiger partial charge is 0.377 e. The van der Waals surface area contributed by atoms with Crippen LogP contribution < -0.4 is 10.6 Å². The Morgan fingerprint density at radius 3 is 2.45 bits per heavy atom. The molecule has 5 heteroatoms. The van der Waals surface area contributed by atoms with Crippen LogP contribution in [0.5, 0.6) is 0 Å². The standard InChI is InChI=1S/C17H33N3O.HI/c1-5-18-16(20-14-9-6-10-14)19-12-13-8-7-11-21-15(13)17(2,3)4;/h13-15H,5-12H2,1-4H3,(H2,18,19,20);1H. The molecule has 0 aromatic carbocycles. The van der Waals surface area contributed by atoms with Crippen LogP contribution in [0.2, 0.25) is 0 Å². The number of ether oxygens (including phenoxy) is 1. The highest BCUT2D eigenvalue weighted by molar-refractivity contribution is 14.0. The molecular weight excluding hydrogens is 389 g/mol. The zero-order chi connectivity index (χ0) is 15.3. The van der Waals surface area contributed by atoms with Crippen LogP contribution >= 0.6 is 24.0 Å². The Kier molecular flexibility index (Phi) is 8.46. The van der Waals surface area contributed by atoms with Gasteiger partial charge in [-0.05, 0) is 44.4 Å². The van der Waals surface area contributed by atoms with E-state index < -0.39 is 0 Å². The number of hydrogen-bond acceptors (Lipinski definition) is 2. The van der Waals surface area contributed by atoms with Gasteiger partial charge in [-0.2, -0.15) is 0 Å².